The van der Waals surface area contributed by atoms with Gasteiger partial charge in [-0.3, -0.25) is 9.69 Å². The molecule has 2 aliphatic rings. The maximum absolute atomic E-state index is 12.5. The van der Waals surface area contributed by atoms with Gasteiger partial charge in [-0.05, 0) is 29.9 Å². The molecule has 1 aliphatic heterocycles. The summed E-state index contributed by atoms with van der Waals surface area (Å²) in [4.78, 5) is 26.2. The maximum Gasteiger partial charge on any atom is 0.410 e. The molecule has 6 nitrogen and oxygen atoms in total. The highest BCUT2D eigenvalue weighted by atomic mass is 16.6. The zero-order chi connectivity index (χ0) is 17.6. The van der Waals surface area contributed by atoms with Crippen molar-refractivity contribution in [2.75, 3.05) is 13.2 Å². The van der Waals surface area contributed by atoms with Gasteiger partial charge in [-0.2, -0.15) is 0 Å². The van der Waals surface area contributed by atoms with Gasteiger partial charge in [0.25, 0.3) is 0 Å². The number of nitrogens with zero attached hydrogens (tertiary/aromatic N) is 1. The first-order chi connectivity index (χ1) is 12.2. The highest BCUT2D eigenvalue weighted by Crippen LogP contribution is 2.26. The Hall–Kier alpha value is -2.08. The van der Waals surface area contributed by atoms with Crippen molar-refractivity contribution in [2.24, 2.45) is 11.7 Å². The highest BCUT2D eigenvalue weighted by molar-refractivity contribution is 5.87. The van der Waals surface area contributed by atoms with Gasteiger partial charge < -0.3 is 15.8 Å². The molecule has 1 aliphatic carbocycles. The normalized spacial score (nSPS) is 21.2. The third-order valence-electron chi connectivity index (χ3n) is 5.18. The molecule has 1 saturated heterocycles. The summed E-state index contributed by atoms with van der Waals surface area (Å²) in [5, 5.41) is 2.92. The van der Waals surface area contributed by atoms with Gasteiger partial charge in [-0.1, -0.05) is 43.5 Å². The molecule has 0 aromatic heterocycles. The Balaban J connectivity index is 1.54. The van der Waals surface area contributed by atoms with Gasteiger partial charge in [0.05, 0.1) is 0 Å². The Labute approximate surface area is 148 Å². The molecule has 0 spiro atoms. The molecule has 3 N–H and O–H groups in total. The lowest BCUT2D eigenvalue weighted by Crippen LogP contribution is -2.47. The smallest absolute Gasteiger partial charge is 0.410 e. The fourth-order valence-electron chi connectivity index (χ4n) is 3.62. The third kappa shape index (κ3) is 4.51. The van der Waals surface area contributed by atoms with Crippen LogP contribution in [0.2, 0.25) is 0 Å². The van der Waals surface area contributed by atoms with Gasteiger partial charge in [-0.15, -0.1) is 0 Å². The summed E-state index contributed by atoms with van der Waals surface area (Å²) in [6.45, 7) is 1.71. The van der Waals surface area contributed by atoms with Crippen molar-refractivity contribution in [3.8, 4) is 0 Å². The van der Waals surface area contributed by atoms with E-state index in [0.717, 1.165) is 24.0 Å². The molecule has 6 heteroatoms. The zero-order valence-corrected chi connectivity index (χ0v) is 14.6. The minimum absolute atomic E-state index is 0.142. The second kappa shape index (κ2) is 8.34. The Kier molecular flexibility index (Phi) is 5.91. The zero-order valence-electron chi connectivity index (χ0n) is 14.6. The largest absolute Gasteiger partial charge is 0.447 e. The average Bonchev–Trinajstić information content (AvgIpc) is 3.01. The molecular weight excluding hydrogens is 318 g/mol. The molecule has 1 atom stereocenters. The standard InChI is InChI=1S/C19H27N3O3/c20-10-14-6-8-15(9-7-14)11-21-18(23)17-13-25-19(24)22(17)12-16-4-2-1-3-5-16/h6-9,16-17H,1-5,10-13,20H2,(H,21,23)/t17-/m0/s1. The topological polar surface area (TPSA) is 84.7 Å². The van der Waals surface area contributed by atoms with Crippen molar-refractivity contribution in [3.63, 3.8) is 0 Å². The van der Waals surface area contributed by atoms with E-state index in [1.54, 1.807) is 4.90 Å². The Morgan fingerprint density at radius 1 is 1.16 bits per heavy atom. The number of hydrogen-bond donors (Lipinski definition) is 2. The Bertz CT molecular complexity index is 596. The van der Waals surface area contributed by atoms with Crippen LogP contribution in [0.15, 0.2) is 24.3 Å². The number of cyclic esters (lactones) is 1. The molecule has 1 heterocycles. The molecular formula is C19H27N3O3. The monoisotopic (exact) mass is 345 g/mol. The Morgan fingerprint density at radius 3 is 2.52 bits per heavy atom. The fourth-order valence-corrected chi connectivity index (χ4v) is 3.62. The minimum atomic E-state index is -0.516. The first-order valence-electron chi connectivity index (χ1n) is 9.16. The summed E-state index contributed by atoms with van der Waals surface area (Å²) in [7, 11) is 0. The van der Waals surface area contributed by atoms with Crippen LogP contribution in [-0.4, -0.2) is 36.1 Å². The lowest BCUT2D eigenvalue weighted by Gasteiger charge is -2.28. The number of hydrogen-bond acceptors (Lipinski definition) is 4. The number of carbonyl (C=O) groups is 2. The van der Waals surface area contributed by atoms with Crippen LogP contribution in [0.4, 0.5) is 4.79 Å². The van der Waals surface area contributed by atoms with Crippen molar-refractivity contribution in [1.82, 2.24) is 10.2 Å². The van der Waals surface area contributed by atoms with E-state index in [2.05, 4.69) is 5.32 Å². The van der Waals surface area contributed by atoms with E-state index in [-0.39, 0.29) is 18.6 Å². The summed E-state index contributed by atoms with van der Waals surface area (Å²) in [5.74, 6) is 0.336. The highest BCUT2D eigenvalue weighted by Gasteiger charge is 2.39. The molecule has 1 saturated carbocycles. The predicted octanol–water partition coefficient (Wildman–Crippen LogP) is 2.16. The second-order valence-corrected chi connectivity index (χ2v) is 6.99. The molecule has 25 heavy (non-hydrogen) atoms. The average molecular weight is 345 g/mol. The van der Waals surface area contributed by atoms with E-state index in [4.69, 9.17) is 10.5 Å². The molecule has 1 aromatic carbocycles. The van der Waals surface area contributed by atoms with Gasteiger partial charge in [0.1, 0.15) is 12.6 Å². The number of amides is 2. The van der Waals surface area contributed by atoms with Gasteiger partial charge in [-0.25, -0.2) is 4.79 Å². The SMILES string of the molecule is NCc1ccc(CNC(=O)[C@@H]2COC(=O)N2CC2CCCCC2)cc1. The van der Waals surface area contributed by atoms with Crippen molar-refractivity contribution in [2.45, 2.75) is 51.2 Å². The van der Waals surface area contributed by atoms with Crippen molar-refractivity contribution in [3.05, 3.63) is 35.4 Å². The lowest BCUT2D eigenvalue weighted by molar-refractivity contribution is -0.125. The van der Waals surface area contributed by atoms with E-state index < -0.39 is 6.04 Å². The minimum Gasteiger partial charge on any atom is -0.447 e. The fraction of sp³-hybridized carbons (Fsp3) is 0.579. The number of ether oxygens (including phenoxy) is 1. The summed E-state index contributed by atoms with van der Waals surface area (Å²) in [6.07, 6.45) is 5.59. The summed E-state index contributed by atoms with van der Waals surface area (Å²) < 4.78 is 5.14. The van der Waals surface area contributed by atoms with Gasteiger partial charge in [0, 0.05) is 19.6 Å². The van der Waals surface area contributed by atoms with Crippen LogP contribution in [0.5, 0.6) is 0 Å². The summed E-state index contributed by atoms with van der Waals surface area (Å²) in [6, 6.07) is 7.31. The summed E-state index contributed by atoms with van der Waals surface area (Å²) >= 11 is 0. The molecule has 0 unspecified atom stereocenters. The summed E-state index contributed by atoms with van der Waals surface area (Å²) in [5.41, 5.74) is 7.66. The number of rotatable bonds is 6. The number of nitrogens with two attached hydrogens (primary N) is 1. The quantitative estimate of drug-likeness (QED) is 0.827. The third-order valence-corrected chi connectivity index (χ3v) is 5.18. The number of nitrogens with one attached hydrogen (secondary N) is 1. The van der Waals surface area contributed by atoms with Crippen LogP contribution in [0, 0.1) is 5.92 Å². The first kappa shape index (κ1) is 17.7. The molecule has 0 bridgehead atoms. The van der Waals surface area contributed by atoms with Gasteiger partial charge >= 0.3 is 6.09 Å². The maximum atomic E-state index is 12.5. The second-order valence-electron chi connectivity index (χ2n) is 6.99. The molecule has 0 radical (unpaired) electrons. The molecule has 3 rings (SSSR count). The predicted molar refractivity (Wildman–Crippen MR) is 94.6 cm³/mol. The molecule has 1 aromatic rings. The van der Waals surface area contributed by atoms with Crippen LogP contribution >= 0.6 is 0 Å². The van der Waals surface area contributed by atoms with Crippen molar-refractivity contribution < 1.29 is 14.3 Å². The van der Waals surface area contributed by atoms with E-state index in [9.17, 15) is 9.59 Å². The van der Waals surface area contributed by atoms with Crippen LogP contribution in [-0.2, 0) is 22.6 Å². The van der Waals surface area contributed by atoms with Crippen LogP contribution < -0.4 is 11.1 Å². The Morgan fingerprint density at radius 2 is 1.84 bits per heavy atom. The molecule has 136 valence electrons. The van der Waals surface area contributed by atoms with E-state index >= 15 is 0 Å². The van der Waals surface area contributed by atoms with Gasteiger partial charge in [0.2, 0.25) is 5.91 Å². The van der Waals surface area contributed by atoms with Crippen LogP contribution in [0.1, 0.15) is 43.2 Å². The van der Waals surface area contributed by atoms with E-state index in [1.165, 1.54) is 19.3 Å². The molecule has 2 amide bonds. The van der Waals surface area contributed by atoms with E-state index in [1.807, 2.05) is 24.3 Å². The number of carbonyl (C=O) groups excluding carboxylic acids is 2. The van der Waals surface area contributed by atoms with Crippen molar-refractivity contribution >= 4 is 12.0 Å². The molecule has 2 fully saturated rings. The number of benzene rings is 1. The van der Waals surface area contributed by atoms with Gasteiger partial charge in [0.15, 0.2) is 0 Å². The lowest BCUT2D eigenvalue weighted by atomic mass is 9.89. The van der Waals surface area contributed by atoms with E-state index in [0.29, 0.717) is 25.6 Å². The first-order valence-corrected chi connectivity index (χ1v) is 9.16. The van der Waals surface area contributed by atoms with Crippen molar-refractivity contribution in [1.29, 1.82) is 0 Å². The van der Waals surface area contributed by atoms with Crippen LogP contribution in [0.25, 0.3) is 0 Å². The van der Waals surface area contributed by atoms with Crippen LogP contribution in [0.3, 0.4) is 0 Å².